The second-order valence-corrected chi connectivity index (χ2v) is 3.71. The lowest BCUT2D eigenvalue weighted by atomic mass is 10.1. The summed E-state index contributed by atoms with van der Waals surface area (Å²) in [5.41, 5.74) is 0. The molecule has 3 amide bonds. The highest BCUT2D eigenvalue weighted by Gasteiger charge is 2.37. The third kappa shape index (κ3) is 1.92. The fraction of sp³-hybridized carbons (Fsp3) is 0.667. The third-order valence-electron chi connectivity index (χ3n) is 2.22. The zero-order chi connectivity index (χ0) is 10.9. The maximum absolute atomic E-state index is 11.4. The van der Waals surface area contributed by atoms with E-state index in [1.165, 1.54) is 7.05 Å². The van der Waals surface area contributed by atoms with E-state index in [0.717, 1.165) is 4.90 Å². The van der Waals surface area contributed by atoms with Crippen molar-refractivity contribution in [2.24, 2.45) is 5.92 Å². The molecule has 5 nitrogen and oxygen atoms in total. The summed E-state index contributed by atoms with van der Waals surface area (Å²) in [7, 11) is 1.42. The van der Waals surface area contributed by atoms with Crippen LogP contribution in [0.5, 0.6) is 0 Å². The van der Waals surface area contributed by atoms with Crippen LogP contribution in [0.1, 0.15) is 20.3 Å². The van der Waals surface area contributed by atoms with Gasteiger partial charge in [0.15, 0.2) is 0 Å². The normalized spacial score (nSPS) is 22.0. The molecule has 0 aromatic heterocycles. The molecule has 0 radical (unpaired) electrons. The zero-order valence-electron chi connectivity index (χ0n) is 8.53. The first-order valence-corrected chi connectivity index (χ1v) is 4.54. The van der Waals surface area contributed by atoms with Gasteiger partial charge in [0.25, 0.3) is 5.91 Å². The third-order valence-corrected chi connectivity index (χ3v) is 2.22. The molecule has 0 spiro atoms. The van der Waals surface area contributed by atoms with Gasteiger partial charge < -0.3 is 5.32 Å². The summed E-state index contributed by atoms with van der Waals surface area (Å²) >= 11 is 0. The van der Waals surface area contributed by atoms with E-state index in [2.05, 4.69) is 5.32 Å². The van der Waals surface area contributed by atoms with Crippen LogP contribution in [0.3, 0.4) is 0 Å². The fourth-order valence-electron chi connectivity index (χ4n) is 1.21. The zero-order valence-corrected chi connectivity index (χ0v) is 8.53. The Kier molecular flexibility index (Phi) is 2.88. The Morgan fingerprint density at radius 2 is 2.07 bits per heavy atom. The Morgan fingerprint density at radius 1 is 1.50 bits per heavy atom. The number of likely N-dealkylation sites (N-methyl/N-ethyl adjacent to an activating group) is 1. The van der Waals surface area contributed by atoms with Gasteiger partial charge in [0.05, 0.1) is 6.42 Å². The van der Waals surface area contributed by atoms with Crippen molar-refractivity contribution in [3.05, 3.63) is 0 Å². The van der Waals surface area contributed by atoms with E-state index < -0.39 is 6.04 Å². The van der Waals surface area contributed by atoms with Crippen LogP contribution < -0.4 is 5.32 Å². The van der Waals surface area contributed by atoms with E-state index in [9.17, 15) is 14.4 Å². The average Bonchev–Trinajstić information content (AvgIpc) is 2.33. The first-order valence-electron chi connectivity index (χ1n) is 4.54. The topological polar surface area (TPSA) is 66.5 Å². The molecule has 1 fully saturated rings. The number of nitrogens with one attached hydrogen (secondary N) is 1. The lowest BCUT2D eigenvalue weighted by molar-refractivity contribution is -0.138. The van der Waals surface area contributed by atoms with E-state index in [1.54, 1.807) is 13.8 Å². The molecule has 1 atom stereocenters. The van der Waals surface area contributed by atoms with Crippen molar-refractivity contribution in [3.8, 4) is 0 Å². The predicted molar refractivity (Wildman–Crippen MR) is 49.2 cm³/mol. The van der Waals surface area contributed by atoms with Gasteiger partial charge in [-0.2, -0.15) is 0 Å². The first kappa shape index (κ1) is 10.7. The molecule has 1 aliphatic rings. The lowest BCUT2D eigenvalue weighted by Crippen LogP contribution is -2.42. The van der Waals surface area contributed by atoms with Crippen molar-refractivity contribution in [1.82, 2.24) is 10.2 Å². The van der Waals surface area contributed by atoms with Crippen LogP contribution >= 0.6 is 0 Å². The molecule has 5 heteroatoms. The van der Waals surface area contributed by atoms with Gasteiger partial charge in [-0.3, -0.25) is 19.3 Å². The fourth-order valence-corrected chi connectivity index (χ4v) is 1.21. The number of carbonyl (C=O) groups is 3. The summed E-state index contributed by atoms with van der Waals surface area (Å²) in [5, 5.41) is 2.54. The number of likely N-dealkylation sites (tertiary alicyclic amines) is 1. The molecule has 1 aliphatic heterocycles. The van der Waals surface area contributed by atoms with Gasteiger partial charge in [0, 0.05) is 13.0 Å². The predicted octanol–water partition coefficient (Wildman–Crippen LogP) is -0.484. The molecule has 1 N–H and O–H groups in total. The van der Waals surface area contributed by atoms with Crippen LogP contribution in [0.15, 0.2) is 0 Å². The number of carbonyl (C=O) groups excluding carboxylic acids is 3. The minimum Gasteiger partial charge on any atom is -0.344 e. The molecule has 0 aromatic rings. The highest BCUT2D eigenvalue weighted by atomic mass is 16.2. The minimum atomic E-state index is -0.664. The van der Waals surface area contributed by atoms with E-state index in [0.29, 0.717) is 0 Å². The molecule has 0 saturated carbocycles. The Morgan fingerprint density at radius 3 is 2.43 bits per heavy atom. The van der Waals surface area contributed by atoms with Gasteiger partial charge in [-0.25, -0.2) is 0 Å². The molecule has 1 saturated heterocycles. The number of imide groups is 1. The molecule has 1 heterocycles. The molecular weight excluding hydrogens is 184 g/mol. The summed E-state index contributed by atoms with van der Waals surface area (Å²) in [6, 6.07) is -0.664. The average molecular weight is 198 g/mol. The summed E-state index contributed by atoms with van der Waals surface area (Å²) < 4.78 is 0. The Hall–Kier alpha value is -1.39. The van der Waals surface area contributed by atoms with Crippen molar-refractivity contribution in [2.45, 2.75) is 26.3 Å². The molecule has 14 heavy (non-hydrogen) atoms. The van der Waals surface area contributed by atoms with Crippen molar-refractivity contribution in [3.63, 3.8) is 0 Å². The quantitative estimate of drug-likeness (QED) is 0.609. The van der Waals surface area contributed by atoms with E-state index in [1.807, 2.05) is 0 Å². The van der Waals surface area contributed by atoms with Gasteiger partial charge >= 0.3 is 0 Å². The van der Waals surface area contributed by atoms with Crippen molar-refractivity contribution in [2.75, 3.05) is 7.05 Å². The first-order chi connectivity index (χ1) is 6.43. The molecule has 0 aliphatic carbocycles. The number of hydrogen-bond donors (Lipinski definition) is 1. The molecular formula is C9H14N2O3. The Bertz CT molecular complexity index is 286. The van der Waals surface area contributed by atoms with Gasteiger partial charge in [0.1, 0.15) is 6.04 Å². The minimum absolute atomic E-state index is 0.0772. The Labute approximate surface area is 82.4 Å². The number of hydrogen-bond acceptors (Lipinski definition) is 3. The van der Waals surface area contributed by atoms with Crippen LogP contribution in [-0.2, 0) is 14.4 Å². The van der Waals surface area contributed by atoms with Gasteiger partial charge in [-0.1, -0.05) is 13.8 Å². The highest BCUT2D eigenvalue weighted by molar-refractivity contribution is 6.06. The van der Waals surface area contributed by atoms with E-state index in [4.69, 9.17) is 0 Å². The lowest BCUT2D eigenvalue weighted by Gasteiger charge is -2.12. The largest absolute Gasteiger partial charge is 0.344 e. The Balaban J connectivity index is 2.60. The molecule has 0 aromatic carbocycles. The second kappa shape index (κ2) is 3.77. The van der Waals surface area contributed by atoms with Crippen LogP contribution in [-0.4, -0.2) is 35.7 Å². The maximum atomic E-state index is 11.4. The van der Waals surface area contributed by atoms with E-state index >= 15 is 0 Å². The number of nitrogens with zero attached hydrogens (tertiary/aromatic N) is 1. The van der Waals surface area contributed by atoms with Gasteiger partial charge in [-0.05, 0) is 0 Å². The smallest absolute Gasteiger partial charge is 0.252 e. The van der Waals surface area contributed by atoms with Crippen molar-refractivity contribution >= 4 is 17.7 Å². The number of rotatable bonds is 2. The maximum Gasteiger partial charge on any atom is 0.252 e. The summed E-state index contributed by atoms with van der Waals surface area (Å²) in [5.74, 6) is -0.955. The molecule has 78 valence electrons. The summed E-state index contributed by atoms with van der Waals surface area (Å²) in [6.45, 7) is 3.47. The SMILES string of the molecule is CC(C)C(=O)NC1CC(=O)N(C)C1=O. The monoisotopic (exact) mass is 198 g/mol. The summed E-state index contributed by atoms with van der Waals surface area (Å²) in [6.07, 6.45) is 0.0772. The van der Waals surface area contributed by atoms with Crippen LogP contribution in [0.4, 0.5) is 0 Å². The second-order valence-electron chi connectivity index (χ2n) is 3.71. The molecule has 1 unspecified atom stereocenters. The van der Waals surface area contributed by atoms with E-state index in [-0.39, 0.29) is 30.1 Å². The van der Waals surface area contributed by atoms with Gasteiger partial charge in [-0.15, -0.1) is 0 Å². The van der Waals surface area contributed by atoms with Crippen molar-refractivity contribution < 1.29 is 14.4 Å². The highest BCUT2D eigenvalue weighted by Crippen LogP contribution is 2.10. The van der Waals surface area contributed by atoms with Gasteiger partial charge in [0.2, 0.25) is 11.8 Å². The molecule has 1 rings (SSSR count). The number of amides is 3. The standard InChI is InChI=1S/C9H14N2O3/c1-5(2)8(13)10-6-4-7(12)11(3)9(6)14/h5-6H,4H2,1-3H3,(H,10,13). The van der Waals surface area contributed by atoms with Crippen LogP contribution in [0, 0.1) is 5.92 Å². The van der Waals surface area contributed by atoms with Crippen LogP contribution in [0.2, 0.25) is 0 Å². The van der Waals surface area contributed by atoms with Crippen LogP contribution in [0.25, 0.3) is 0 Å². The molecule has 0 bridgehead atoms. The van der Waals surface area contributed by atoms with Crippen molar-refractivity contribution in [1.29, 1.82) is 0 Å². The summed E-state index contributed by atoms with van der Waals surface area (Å²) in [4.78, 5) is 34.8.